The molecule has 0 aromatic carbocycles. The average Bonchev–Trinajstić information content (AvgIpc) is 3.07. The number of carbonyl (C=O) groups excluding carboxylic acids is 2. The maximum Gasteiger partial charge on any atom is 0.511 e. The SMILES string of the molecule is CCCO[C@@H]1CC(C)[C@](F)(C(=O)O)[C@]1(N)C(=O)OC(C)OC(=O)O[C@H]1C[C@@H](C)C(C)(C)C1(C)CC. The molecule has 0 saturated heterocycles. The Bertz CT molecular complexity index is 821. The molecule has 0 aliphatic heterocycles. The summed E-state index contributed by atoms with van der Waals surface area (Å²) in [6.07, 6.45) is -2.24. The number of alkyl halides is 1. The number of hydrogen-bond acceptors (Lipinski definition) is 8. The lowest BCUT2D eigenvalue weighted by molar-refractivity contribution is -0.193. The Morgan fingerprint density at radius 3 is 2.14 bits per heavy atom. The van der Waals surface area contributed by atoms with Crippen molar-refractivity contribution < 1.29 is 42.8 Å². The van der Waals surface area contributed by atoms with Crippen LogP contribution in [0, 0.1) is 22.7 Å². The van der Waals surface area contributed by atoms with Crippen LogP contribution < -0.4 is 5.73 Å². The van der Waals surface area contributed by atoms with E-state index in [-0.39, 0.29) is 23.9 Å². The quantitative estimate of drug-likeness (QED) is 0.350. The van der Waals surface area contributed by atoms with Crippen LogP contribution in [0.25, 0.3) is 0 Å². The van der Waals surface area contributed by atoms with Gasteiger partial charge in [-0.05, 0) is 37.0 Å². The van der Waals surface area contributed by atoms with Gasteiger partial charge in [-0.2, -0.15) is 0 Å². The first kappa shape index (κ1) is 29.3. The van der Waals surface area contributed by atoms with Crippen LogP contribution in [0.4, 0.5) is 9.18 Å². The van der Waals surface area contributed by atoms with Gasteiger partial charge in [0.2, 0.25) is 12.0 Å². The fourth-order valence-corrected chi connectivity index (χ4v) is 5.71. The van der Waals surface area contributed by atoms with Crippen molar-refractivity contribution in [3.63, 3.8) is 0 Å². The molecule has 0 amide bonds. The number of ether oxygens (including phenoxy) is 4. The van der Waals surface area contributed by atoms with Gasteiger partial charge in [0.05, 0.1) is 6.10 Å². The molecule has 9 nitrogen and oxygen atoms in total. The molecule has 35 heavy (non-hydrogen) atoms. The first-order valence-electron chi connectivity index (χ1n) is 12.4. The number of nitrogens with two attached hydrogens (primary N) is 1. The van der Waals surface area contributed by atoms with Crippen molar-refractivity contribution in [2.45, 2.75) is 111 Å². The van der Waals surface area contributed by atoms with Crippen molar-refractivity contribution in [1.82, 2.24) is 0 Å². The van der Waals surface area contributed by atoms with Crippen LogP contribution in [0.1, 0.15) is 81.1 Å². The van der Waals surface area contributed by atoms with Crippen molar-refractivity contribution in [1.29, 1.82) is 0 Å². The molecule has 3 N–H and O–H groups in total. The molecule has 2 saturated carbocycles. The Balaban J connectivity index is 2.14. The third kappa shape index (κ3) is 4.63. The minimum absolute atomic E-state index is 0.0787. The summed E-state index contributed by atoms with van der Waals surface area (Å²) in [7, 11) is 0. The van der Waals surface area contributed by atoms with Gasteiger partial charge in [-0.1, -0.05) is 48.5 Å². The molecule has 10 heteroatoms. The van der Waals surface area contributed by atoms with Crippen molar-refractivity contribution in [3.05, 3.63) is 0 Å². The zero-order valence-electron chi connectivity index (χ0n) is 22.2. The molecule has 3 unspecified atom stereocenters. The van der Waals surface area contributed by atoms with Crippen molar-refractivity contribution >= 4 is 18.1 Å². The van der Waals surface area contributed by atoms with Gasteiger partial charge in [-0.15, -0.1) is 0 Å². The van der Waals surface area contributed by atoms with Crippen LogP contribution in [-0.2, 0) is 28.5 Å². The standard InChI is InChI=1S/C25H42FNO8/c1-9-11-32-18-13-15(4)24(26,19(28)29)25(18,27)20(30)33-16(5)34-21(31)35-17-12-14(3)22(6,7)23(17,8)10-2/h14-18H,9-13,27H2,1-8H3,(H,28,29)/t14-,15?,16?,17+,18-,23?,24+,25-/m1/s1. The van der Waals surface area contributed by atoms with Gasteiger partial charge in [0, 0.05) is 24.9 Å². The van der Waals surface area contributed by atoms with Crippen molar-refractivity contribution in [2.75, 3.05) is 6.61 Å². The number of halogens is 1. The third-order valence-electron chi connectivity index (χ3n) is 9.02. The van der Waals surface area contributed by atoms with E-state index in [0.29, 0.717) is 18.8 Å². The van der Waals surface area contributed by atoms with Gasteiger partial charge in [0.1, 0.15) is 6.10 Å². The topological polar surface area (TPSA) is 134 Å². The Hall–Kier alpha value is -1.94. The molecule has 0 spiro atoms. The minimum atomic E-state index is -3.13. The van der Waals surface area contributed by atoms with E-state index in [1.807, 2.05) is 13.8 Å². The second-order valence-corrected chi connectivity index (χ2v) is 11.0. The van der Waals surface area contributed by atoms with Crippen LogP contribution in [0.2, 0.25) is 0 Å². The molecule has 0 bridgehead atoms. The monoisotopic (exact) mass is 503 g/mol. The Kier molecular flexibility index (Phi) is 8.54. The van der Waals surface area contributed by atoms with Crippen LogP contribution in [-0.4, -0.2) is 59.5 Å². The van der Waals surface area contributed by atoms with Gasteiger partial charge >= 0.3 is 18.1 Å². The van der Waals surface area contributed by atoms with Crippen LogP contribution in [0.15, 0.2) is 0 Å². The number of esters is 1. The van der Waals surface area contributed by atoms with Crippen molar-refractivity contribution in [3.8, 4) is 0 Å². The van der Waals surface area contributed by atoms with Gasteiger partial charge in [-0.25, -0.2) is 18.8 Å². The highest BCUT2D eigenvalue weighted by Gasteiger charge is 2.73. The first-order valence-corrected chi connectivity index (χ1v) is 12.4. The summed E-state index contributed by atoms with van der Waals surface area (Å²) in [6, 6.07) is 0. The van der Waals surface area contributed by atoms with Gasteiger partial charge < -0.3 is 29.8 Å². The molecule has 2 aliphatic carbocycles. The summed E-state index contributed by atoms with van der Waals surface area (Å²) in [5.41, 5.74) is 0.0235. The summed E-state index contributed by atoms with van der Waals surface area (Å²) in [5, 5.41) is 9.62. The predicted molar refractivity (Wildman–Crippen MR) is 125 cm³/mol. The number of aliphatic carboxylic acids is 1. The number of carbonyl (C=O) groups is 3. The molecule has 0 radical (unpaired) electrons. The highest BCUT2D eigenvalue weighted by Crippen LogP contribution is 2.58. The lowest BCUT2D eigenvalue weighted by Crippen LogP contribution is -2.70. The van der Waals surface area contributed by atoms with E-state index in [1.165, 1.54) is 13.8 Å². The zero-order chi connectivity index (χ0) is 27.0. The van der Waals surface area contributed by atoms with Crippen LogP contribution >= 0.6 is 0 Å². The molecule has 2 fully saturated rings. The molecule has 2 aliphatic rings. The summed E-state index contributed by atoms with van der Waals surface area (Å²) >= 11 is 0. The fourth-order valence-electron chi connectivity index (χ4n) is 5.71. The van der Waals surface area contributed by atoms with Gasteiger partial charge in [0.25, 0.3) is 0 Å². The highest BCUT2D eigenvalue weighted by atomic mass is 19.1. The van der Waals surface area contributed by atoms with E-state index in [0.717, 1.165) is 6.42 Å². The fraction of sp³-hybridized carbons (Fsp3) is 0.880. The van der Waals surface area contributed by atoms with E-state index in [4.69, 9.17) is 24.7 Å². The summed E-state index contributed by atoms with van der Waals surface area (Å²) in [4.78, 5) is 37.5. The molecule has 0 aromatic rings. The predicted octanol–water partition coefficient (Wildman–Crippen LogP) is 4.21. The van der Waals surface area contributed by atoms with E-state index in [1.54, 1.807) is 0 Å². The zero-order valence-corrected chi connectivity index (χ0v) is 22.2. The third-order valence-corrected chi connectivity index (χ3v) is 9.02. The Labute approximate surface area is 207 Å². The number of carboxylic acids is 1. The van der Waals surface area contributed by atoms with E-state index < -0.39 is 53.7 Å². The van der Waals surface area contributed by atoms with E-state index in [2.05, 4.69) is 27.7 Å². The Morgan fingerprint density at radius 2 is 1.63 bits per heavy atom. The lowest BCUT2D eigenvalue weighted by atomic mass is 9.64. The molecular weight excluding hydrogens is 461 g/mol. The molecule has 0 heterocycles. The number of hydrogen-bond donors (Lipinski definition) is 2. The van der Waals surface area contributed by atoms with E-state index in [9.17, 15) is 19.5 Å². The lowest BCUT2D eigenvalue weighted by Gasteiger charge is -2.42. The number of carboxylic acid groups (broad SMARTS) is 1. The molecule has 2 rings (SSSR count). The average molecular weight is 504 g/mol. The molecular formula is C25H42FNO8. The largest absolute Gasteiger partial charge is 0.511 e. The molecule has 202 valence electrons. The normalized spacial score (nSPS) is 39.1. The van der Waals surface area contributed by atoms with Gasteiger partial charge in [0.15, 0.2) is 5.54 Å². The maximum atomic E-state index is 15.8. The highest BCUT2D eigenvalue weighted by molar-refractivity contribution is 5.95. The van der Waals surface area contributed by atoms with Gasteiger partial charge in [-0.3, -0.25) is 0 Å². The summed E-state index contributed by atoms with van der Waals surface area (Å²) in [6.45, 7) is 15.1. The van der Waals surface area contributed by atoms with Crippen molar-refractivity contribution in [2.24, 2.45) is 28.4 Å². The Morgan fingerprint density at radius 1 is 1.06 bits per heavy atom. The minimum Gasteiger partial charge on any atom is -0.479 e. The maximum absolute atomic E-state index is 15.8. The molecule has 8 atom stereocenters. The summed E-state index contributed by atoms with van der Waals surface area (Å²) in [5.74, 6) is -4.05. The first-order chi connectivity index (χ1) is 16.0. The molecule has 0 aromatic heterocycles. The smallest absolute Gasteiger partial charge is 0.479 e. The summed E-state index contributed by atoms with van der Waals surface area (Å²) < 4.78 is 37.2. The second kappa shape index (κ2) is 10.2. The number of rotatable bonds is 9. The van der Waals surface area contributed by atoms with Crippen LogP contribution in [0.3, 0.4) is 0 Å². The van der Waals surface area contributed by atoms with E-state index >= 15 is 4.39 Å². The second-order valence-electron chi connectivity index (χ2n) is 11.0. The van der Waals surface area contributed by atoms with Crippen LogP contribution in [0.5, 0.6) is 0 Å².